The van der Waals surface area contributed by atoms with Gasteiger partial charge in [0.1, 0.15) is 0 Å². The maximum absolute atomic E-state index is 11.9. The van der Waals surface area contributed by atoms with Crippen molar-refractivity contribution in [3.63, 3.8) is 0 Å². The molecule has 120 valence electrons. The summed E-state index contributed by atoms with van der Waals surface area (Å²) in [6.07, 6.45) is 5.58. The minimum atomic E-state index is 0.189. The molecule has 0 aliphatic carbocycles. The number of nitrogens with zero attached hydrogens (tertiary/aromatic N) is 1. The second-order valence-corrected chi connectivity index (χ2v) is 6.30. The van der Waals surface area contributed by atoms with Gasteiger partial charge in [-0.25, -0.2) is 0 Å². The van der Waals surface area contributed by atoms with E-state index in [4.69, 9.17) is 4.74 Å². The van der Waals surface area contributed by atoms with Gasteiger partial charge < -0.3 is 15.0 Å². The Morgan fingerprint density at radius 3 is 2.77 bits per heavy atom. The van der Waals surface area contributed by atoms with E-state index in [1.54, 1.807) is 0 Å². The maximum atomic E-state index is 11.9. The predicted octanol–water partition coefficient (Wildman–Crippen LogP) is 2.51. The van der Waals surface area contributed by atoms with E-state index in [0.717, 1.165) is 39.1 Å². The van der Waals surface area contributed by atoms with Crippen molar-refractivity contribution in [2.45, 2.75) is 44.2 Å². The topological polar surface area (TPSA) is 41.6 Å². The fraction of sp³-hybridized carbons (Fsp3) is 0.611. The lowest BCUT2D eigenvalue weighted by atomic mass is 10.0. The molecule has 2 heterocycles. The van der Waals surface area contributed by atoms with Gasteiger partial charge in [-0.1, -0.05) is 30.3 Å². The molecule has 0 saturated carbocycles. The molecule has 0 bridgehead atoms. The molecule has 1 aromatic rings. The van der Waals surface area contributed by atoms with Crippen LogP contribution in [0.5, 0.6) is 0 Å². The van der Waals surface area contributed by atoms with Crippen LogP contribution in [0.1, 0.15) is 43.7 Å². The number of benzene rings is 1. The number of ether oxygens (including phenoxy) is 1. The molecule has 1 N–H and O–H groups in total. The van der Waals surface area contributed by atoms with E-state index >= 15 is 0 Å². The van der Waals surface area contributed by atoms with Crippen molar-refractivity contribution in [1.29, 1.82) is 0 Å². The van der Waals surface area contributed by atoms with Gasteiger partial charge in [-0.05, 0) is 31.2 Å². The van der Waals surface area contributed by atoms with Gasteiger partial charge >= 0.3 is 0 Å². The van der Waals surface area contributed by atoms with Gasteiger partial charge in [-0.3, -0.25) is 4.79 Å². The molecule has 2 aliphatic rings. The van der Waals surface area contributed by atoms with Crippen molar-refractivity contribution in [2.75, 3.05) is 26.2 Å². The van der Waals surface area contributed by atoms with Crippen LogP contribution in [0.2, 0.25) is 0 Å². The van der Waals surface area contributed by atoms with E-state index < -0.39 is 0 Å². The molecule has 2 saturated heterocycles. The van der Waals surface area contributed by atoms with E-state index in [9.17, 15) is 4.79 Å². The van der Waals surface area contributed by atoms with Crippen molar-refractivity contribution in [3.8, 4) is 0 Å². The third kappa shape index (κ3) is 4.08. The van der Waals surface area contributed by atoms with Crippen LogP contribution in [0.3, 0.4) is 0 Å². The van der Waals surface area contributed by atoms with Gasteiger partial charge in [0, 0.05) is 38.7 Å². The highest BCUT2D eigenvalue weighted by atomic mass is 16.5. The number of carbonyl (C=O) groups is 1. The fourth-order valence-corrected chi connectivity index (χ4v) is 3.33. The normalized spacial score (nSPS) is 23.7. The van der Waals surface area contributed by atoms with Crippen molar-refractivity contribution in [3.05, 3.63) is 35.9 Å². The molecule has 3 rings (SSSR count). The van der Waals surface area contributed by atoms with Crippen LogP contribution in [0.4, 0.5) is 0 Å². The van der Waals surface area contributed by atoms with Crippen molar-refractivity contribution >= 4 is 5.91 Å². The lowest BCUT2D eigenvalue weighted by Gasteiger charge is -2.29. The third-order valence-electron chi connectivity index (χ3n) is 4.64. The first-order chi connectivity index (χ1) is 10.8. The molecule has 1 amide bonds. The molecule has 0 aromatic heterocycles. The monoisotopic (exact) mass is 302 g/mol. The average Bonchev–Trinajstić information content (AvgIpc) is 2.98. The van der Waals surface area contributed by atoms with Gasteiger partial charge in [-0.2, -0.15) is 0 Å². The summed E-state index contributed by atoms with van der Waals surface area (Å²) in [7, 11) is 0. The van der Waals surface area contributed by atoms with Crippen LogP contribution < -0.4 is 5.32 Å². The van der Waals surface area contributed by atoms with E-state index in [1.165, 1.54) is 18.4 Å². The summed E-state index contributed by atoms with van der Waals surface area (Å²) in [5, 5.41) is 3.63. The molecule has 2 aliphatic heterocycles. The van der Waals surface area contributed by atoms with Crippen LogP contribution in [-0.4, -0.2) is 43.2 Å². The van der Waals surface area contributed by atoms with E-state index in [1.807, 2.05) is 11.0 Å². The average molecular weight is 302 g/mol. The Hall–Kier alpha value is -1.39. The van der Waals surface area contributed by atoms with Crippen LogP contribution in [0, 0.1) is 0 Å². The maximum Gasteiger partial charge on any atom is 0.222 e. The first kappa shape index (κ1) is 15.5. The Morgan fingerprint density at radius 1 is 1.23 bits per heavy atom. The second-order valence-electron chi connectivity index (χ2n) is 6.30. The number of hydrogen-bond acceptors (Lipinski definition) is 3. The molecular formula is C18H26N2O2. The van der Waals surface area contributed by atoms with Gasteiger partial charge in [0.05, 0.1) is 6.10 Å². The zero-order chi connectivity index (χ0) is 15.2. The van der Waals surface area contributed by atoms with Crippen molar-refractivity contribution in [2.24, 2.45) is 0 Å². The number of amides is 1. The summed E-state index contributed by atoms with van der Waals surface area (Å²) in [5.41, 5.74) is 1.25. The van der Waals surface area contributed by atoms with E-state index in [0.29, 0.717) is 12.5 Å². The largest absolute Gasteiger partial charge is 0.377 e. The van der Waals surface area contributed by atoms with Crippen LogP contribution >= 0.6 is 0 Å². The quantitative estimate of drug-likeness (QED) is 0.878. The molecule has 2 atom stereocenters. The van der Waals surface area contributed by atoms with Crippen molar-refractivity contribution in [1.82, 2.24) is 10.2 Å². The molecular weight excluding hydrogens is 276 g/mol. The van der Waals surface area contributed by atoms with Crippen molar-refractivity contribution < 1.29 is 9.53 Å². The van der Waals surface area contributed by atoms with E-state index in [-0.39, 0.29) is 11.9 Å². The summed E-state index contributed by atoms with van der Waals surface area (Å²) < 4.78 is 5.81. The summed E-state index contributed by atoms with van der Waals surface area (Å²) in [6.45, 7) is 3.40. The minimum Gasteiger partial charge on any atom is -0.377 e. The highest BCUT2D eigenvalue weighted by Crippen LogP contribution is 2.19. The highest BCUT2D eigenvalue weighted by Gasteiger charge is 2.25. The second kappa shape index (κ2) is 7.75. The number of rotatable bonds is 6. The summed E-state index contributed by atoms with van der Waals surface area (Å²) >= 11 is 0. The van der Waals surface area contributed by atoms with Gasteiger partial charge in [0.2, 0.25) is 5.91 Å². The van der Waals surface area contributed by atoms with Crippen LogP contribution in [-0.2, 0) is 9.53 Å². The standard InChI is InChI=1S/C18H26N2O2/c21-18-10-6-11-20(18)14-17(15-7-2-1-3-8-15)19-13-16-9-4-5-12-22-16/h1-3,7-8,16-17,19H,4-6,9-14H2/t16-,17-/m1/s1. The first-order valence-corrected chi connectivity index (χ1v) is 8.50. The Bertz CT molecular complexity index is 471. The molecule has 22 heavy (non-hydrogen) atoms. The number of hydrogen-bond donors (Lipinski definition) is 1. The molecule has 4 nitrogen and oxygen atoms in total. The molecule has 0 spiro atoms. The first-order valence-electron chi connectivity index (χ1n) is 8.50. The summed E-state index contributed by atoms with van der Waals surface area (Å²) in [6, 6.07) is 10.6. The summed E-state index contributed by atoms with van der Waals surface area (Å²) in [4.78, 5) is 13.9. The Labute approximate surface area is 132 Å². The fourth-order valence-electron chi connectivity index (χ4n) is 3.33. The minimum absolute atomic E-state index is 0.189. The molecule has 0 radical (unpaired) electrons. The Morgan fingerprint density at radius 2 is 2.09 bits per heavy atom. The zero-order valence-corrected chi connectivity index (χ0v) is 13.2. The SMILES string of the molecule is O=C1CCCN1C[C@@H](NC[C@H]1CCCCO1)c1ccccc1. The van der Waals surface area contributed by atoms with Gasteiger partial charge in [-0.15, -0.1) is 0 Å². The Balaban J connectivity index is 1.61. The van der Waals surface area contributed by atoms with Crippen LogP contribution in [0.25, 0.3) is 0 Å². The number of carbonyl (C=O) groups excluding carboxylic acids is 1. The summed E-state index contributed by atoms with van der Waals surface area (Å²) in [5.74, 6) is 0.289. The van der Waals surface area contributed by atoms with Crippen LogP contribution in [0.15, 0.2) is 30.3 Å². The Kier molecular flexibility index (Phi) is 5.46. The number of likely N-dealkylation sites (tertiary alicyclic amines) is 1. The van der Waals surface area contributed by atoms with Gasteiger partial charge in [0.15, 0.2) is 0 Å². The molecule has 1 aromatic carbocycles. The lowest BCUT2D eigenvalue weighted by molar-refractivity contribution is -0.128. The predicted molar refractivity (Wildman–Crippen MR) is 86.6 cm³/mol. The smallest absolute Gasteiger partial charge is 0.222 e. The molecule has 4 heteroatoms. The van der Waals surface area contributed by atoms with E-state index in [2.05, 4.69) is 29.6 Å². The molecule has 2 fully saturated rings. The van der Waals surface area contributed by atoms with Gasteiger partial charge in [0.25, 0.3) is 0 Å². The zero-order valence-electron chi connectivity index (χ0n) is 13.2. The number of nitrogens with one attached hydrogen (secondary N) is 1. The lowest BCUT2D eigenvalue weighted by Crippen LogP contribution is -2.40. The third-order valence-corrected chi connectivity index (χ3v) is 4.64. The molecule has 0 unspecified atom stereocenters. The highest BCUT2D eigenvalue weighted by molar-refractivity contribution is 5.78.